The predicted molar refractivity (Wildman–Crippen MR) is 101 cm³/mol. The number of hydrogen-bond acceptors (Lipinski definition) is 3. The van der Waals surface area contributed by atoms with Gasteiger partial charge in [-0.2, -0.15) is 0 Å². The summed E-state index contributed by atoms with van der Waals surface area (Å²) in [5.41, 5.74) is 2.63. The molecule has 0 aliphatic heterocycles. The highest BCUT2D eigenvalue weighted by molar-refractivity contribution is 7.92. The summed E-state index contributed by atoms with van der Waals surface area (Å²) in [6.45, 7) is 3.98. The van der Waals surface area contributed by atoms with Crippen LogP contribution in [0.15, 0.2) is 54.6 Å². The van der Waals surface area contributed by atoms with Gasteiger partial charge in [0.1, 0.15) is 6.04 Å². The number of hydrogen-bond donors (Lipinski definition) is 1. The van der Waals surface area contributed by atoms with Gasteiger partial charge in [-0.1, -0.05) is 48.0 Å². The molecule has 0 aliphatic rings. The van der Waals surface area contributed by atoms with Crippen LogP contribution in [0.5, 0.6) is 0 Å². The van der Waals surface area contributed by atoms with Gasteiger partial charge in [0.15, 0.2) is 0 Å². The van der Waals surface area contributed by atoms with Gasteiger partial charge in [-0.05, 0) is 38.0 Å². The molecule has 0 heterocycles. The maximum absolute atomic E-state index is 12.4. The van der Waals surface area contributed by atoms with E-state index in [9.17, 15) is 13.2 Å². The second-order valence-corrected chi connectivity index (χ2v) is 7.96. The number of aryl methyl sites for hydroxylation is 1. The van der Waals surface area contributed by atoms with Gasteiger partial charge in [0.25, 0.3) is 0 Å². The third-order valence-corrected chi connectivity index (χ3v) is 5.17. The van der Waals surface area contributed by atoms with E-state index in [1.807, 2.05) is 49.4 Å². The minimum absolute atomic E-state index is 0.318. The maximum atomic E-state index is 12.4. The van der Waals surface area contributed by atoms with Gasteiger partial charge < -0.3 is 5.32 Å². The van der Waals surface area contributed by atoms with Crippen LogP contribution in [-0.2, 0) is 21.2 Å². The van der Waals surface area contributed by atoms with Crippen molar-refractivity contribution >= 4 is 21.6 Å². The molecule has 0 radical (unpaired) electrons. The molecule has 0 aromatic heterocycles. The molecule has 1 N–H and O–H groups in total. The third kappa shape index (κ3) is 5.32. The van der Waals surface area contributed by atoms with E-state index in [1.54, 1.807) is 19.1 Å². The van der Waals surface area contributed by atoms with Crippen LogP contribution in [0.2, 0.25) is 0 Å². The van der Waals surface area contributed by atoms with Crippen molar-refractivity contribution in [1.29, 1.82) is 0 Å². The Labute approximate surface area is 149 Å². The van der Waals surface area contributed by atoms with Crippen LogP contribution in [0.4, 0.5) is 5.69 Å². The second kappa shape index (κ2) is 8.16. The van der Waals surface area contributed by atoms with Crippen molar-refractivity contribution in [3.63, 3.8) is 0 Å². The summed E-state index contributed by atoms with van der Waals surface area (Å²) in [5.74, 6) is -0.318. The highest BCUT2D eigenvalue weighted by atomic mass is 32.2. The number of rotatable bonds is 7. The Morgan fingerprint density at radius 2 is 1.68 bits per heavy atom. The normalized spacial score (nSPS) is 12.4. The van der Waals surface area contributed by atoms with Crippen molar-refractivity contribution in [2.75, 3.05) is 17.1 Å². The van der Waals surface area contributed by atoms with Gasteiger partial charge in [0, 0.05) is 6.54 Å². The van der Waals surface area contributed by atoms with Crippen LogP contribution in [0.1, 0.15) is 18.1 Å². The molecule has 0 fully saturated rings. The van der Waals surface area contributed by atoms with Crippen LogP contribution >= 0.6 is 0 Å². The first kappa shape index (κ1) is 19.0. The molecule has 2 aromatic carbocycles. The number of carbonyl (C=O) groups is 1. The maximum Gasteiger partial charge on any atom is 0.243 e. The Morgan fingerprint density at radius 3 is 2.24 bits per heavy atom. The Balaban J connectivity index is 2.06. The van der Waals surface area contributed by atoms with Crippen LogP contribution in [0, 0.1) is 6.92 Å². The average Bonchev–Trinajstić information content (AvgIpc) is 2.56. The summed E-state index contributed by atoms with van der Waals surface area (Å²) in [6.07, 6.45) is 1.81. The molecule has 0 spiro atoms. The molecular formula is C19H24N2O3S. The van der Waals surface area contributed by atoms with Crippen molar-refractivity contribution in [1.82, 2.24) is 5.32 Å². The summed E-state index contributed by atoms with van der Waals surface area (Å²) in [7, 11) is -3.58. The molecule has 0 bridgehead atoms. The van der Waals surface area contributed by atoms with Crippen LogP contribution in [-0.4, -0.2) is 33.2 Å². The lowest BCUT2D eigenvalue weighted by Gasteiger charge is -2.28. The molecular weight excluding hydrogens is 336 g/mol. The van der Waals surface area contributed by atoms with E-state index in [0.717, 1.165) is 21.7 Å². The van der Waals surface area contributed by atoms with Gasteiger partial charge in [-0.3, -0.25) is 9.10 Å². The molecule has 1 atom stereocenters. The quantitative estimate of drug-likeness (QED) is 0.825. The molecule has 0 aliphatic carbocycles. The monoisotopic (exact) mass is 360 g/mol. The molecule has 5 nitrogen and oxygen atoms in total. The lowest BCUT2D eigenvalue weighted by molar-refractivity contribution is -0.121. The summed E-state index contributed by atoms with van der Waals surface area (Å²) in [4.78, 5) is 12.4. The average molecular weight is 360 g/mol. The Bertz CT molecular complexity index is 802. The predicted octanol–water partition coefficient (Wildman–Crippen LogP) is 2.51. The van der Waals surface area contributed by atoms with Crippen molar-refractivity contribution in [3.8, 4) is 0 Å². The Kier molecular flexibility index (Phi) is 6.20. The van der Waals surface area contributed by atoms with Crippen molar-refractivity contribution in [3.05, 3.63) is 65.7 Å². The highest BCUT2D eigenvalue weighted by Crippen LogP contribution is 2.21. The molecule has 1 amide bonds. The first-order valence-electron chi connectivity index (χ1n) is 8.17. The third-order valence-electron chi connectivity index (χ3n) is 3.93. The molecule has 134 valence electrons. The van der Waals surface area contributed by atoms with Crippen LogP contribution < -0.4 is 9.62 Å². The molecule has 2 rings (SSSR count). The number of carbonyl (C=O) groups excluding carboxylic acids is 1. The largest absolute Gasteiger partial charge is 0.354 e. The zero-order valence-corrected chi connectivity index (χ0v) is 15.6. The minimum atomic E-state index is -3.58. The summed E-state index contributed by atoms with van der Waals surface area (Å²) >= 11 is 0. The Hall–Kier alpha value is -2.34. The lowest BCUT2D eigenvalue weighted by atomic mass is 10.1. The fourth-order valence-corrected chi connectivity index (χ4v) is 3.80. The van der Waals surface area contributed by atoms with E-state index in [0.29, 0.717) is 18.7 Å². The van der Waals surface area contributed by atoms with E-state index in [2.05, 4.69) is 5.32 Å². The molecule has 6 heteroatoms. The minimum Gasteiger partial charge on any atom is -0.354 e. The van der Waals surface area contributed by atoms with E-state index < -0.39 is 16.1 Å². The highest BCUT2D eigenvalue weighted by Gasteiger charge is 2.28. The number of nitrogens with one attached hydrogen (secondary N) is 1. The fourth-order valence-electron chi connectivity index (χ4n) is 2.62. The smallest absolute Gasteiger partial charge is 0.243 e. The van der Waals surface area contributed by atoms with E-state index in [4.69, 9.17) is 0 Å². The molecule has 25 heavy (non-hydrogen) atoms. The topological polar surface area (TPSA) is 66.5 Å². The number of nitrogens with zero attached hydrogens (tertiary/aromatic N) is 1. The van der Waals surface area contributed by atoms with Gasteiger partial charge in [-0.25, -0.2) is 8.42 Å². The number of anilines is 1. The van der Waals surface area contributed by atoms with Gasteiger partial charge in [-0.15, -0.1) is 0 Å². The molecule has 0 saturated heterocycles. The molecule has 0 saturated carbocycles. The Morgan fingerprint density at radius 1 is 1.08 bits per heavy atom. The number of sulfonamides is 1. The first-order valence-corrected chi connectivity index (χ1v) is 10.0. The van der Waals surface area contributed by atoms with E-state index >= 15 is 0 Å². The number of benzene rings is 2. The van der Waals surface area contributed by atoms with Crippen LogP contribution in [0.25, 0.3) is 0 Å². The van der Waals surface area contributed by atoms with Crippen molar-refractivity contribution < 1.29 is 13.2 Å². The fraction of sp³-hybridized carbons (Fsp3) is 0.316. The van der Waals surface area contributed by atoms with Gasteiger partial charge in [0.05, 0.1) is 11.9 Å². The zero-order valence-electron chi connectivity index (χ0n) is 14.8. The SMILES string of the molecule is Cc1ccc(N(C(C)C(=O)NCCc2ccccc2)S(C)(=O)=O)cc1. The number of amides is 1. The van der Waals surface area contributed by atoms with Crippen molar-refractivity contribution in [2.24, 2.45) is 0 Å². The standard InChI is InChI=1S/C19H24N2O3S/c1-15-9-11-18(12-10-15)21(25(3,23)24)16(2)19(22)20-14-13-17-7-5-4-6-8-17/h4-12,16H,13-14H2,1-3H3,(H,20,22). The summed E-state index contributed by atoms with van der Waals surface area (Å²) in [5, 5.41) is 2.82. The lowest BCUT2D eigenvalue weighted by Crippen LogP contribution is -2.48. The first-order chi connectivity index (χ1) is 11.8. The molecule has 2 aromatic rings. The van der Waals surface area contributed by atoms with E-state index in [-0.39, 0.29) is 5.91 Å². The summed E-state index contributed by atoms with van der Waals surface area (Å²) in [6, 6.07) is 16.1. The zero-order chi connectivity index (χ0) is 18.4. The van der Waals surface area contributed by atoms with E-state index in [1.165, 1.54) is 0 Å². The second-order valence-electron chi connectivity index (χ2n) is 6.10. The van der Waals surface area contributed by atoms with Gasteiger partial charge in [0.2, 0.25) is 15.9 Å². The van der Waals surface area contributed by atoms with Gasteiger partial charge >= 0.3 is 0 Å². The van der Waals surface area contributed by atoms with Crippen LogP contribution in [0.3, 0.4) is 0 Å². The van der Waals surface area contributed by atoms with Crippen molar-refractivity contribution in [2.45, 2.75) is 26.3 Å². The summed E-state index contributed by atoms with van der Waals surface area (Å²) < 4.78 is 25.6. The molecule has 1 unspecified atom stereocenters.